The molecular weight excluding hydrogens is 372 g/mol. The molecule has 0 fully saturated rings. The molecule has 26 heavy (non-hydrogen) atoms. The van der Waals surface area contributed by atoms with Crippen LogP contribution in [0.1, 0.15) is 35.2 Å². The molecule has 1 heterocycles. The average Bonchev–Trinajstić information content (AvgIpc) is 3.15. The Labute approximate surface area is 162 Å². The molecule has 2 N–H and O–H groups in total. The molecule has 140 valence electrons. The summed E-state index contributed by atoms with van der Waals surface area (Å²) in [5.41, 5.74) is 0.918. The van der Waals surface area contributed by atoms with Gasteiger partial charge in [0.2, 0.25) is 5.91 Å². The van der Waals surface area contributed by atoms with Crippen molar-refractivity contribution in [1.82, 2.24) is 10.6 Å². The van der Waals surface area contributed by atoms with Crippen LogP contribution in [0, 0.1) is 5.92 Å². The van der Waals surface area contributed by atoms with E-state index in [1.54, 1.807) is 31.4 Å². The van der Waals surface area contributed by atoms with Gasteiger partial charge in [-0.25, -0.2) is 0 Å². The molecule has 7 heteroatoms. The second-order valence-corrected chi connectivity index (χ2v) is 7.58. The summed E-state index contributed by atoms with van der Waals surface area (Å²) >= 11 is 7.25. The summed E-state index contributed by atoms with van der Waals surface area (Å²) < 4.78 is 5.46. The highest BCUT2D eigenvalue weighted by Gasteiger charge is 2.25. The monoisotopic (exact) mass is 394 g/mol. The van der Waals surface area contributed by atoms with Crippen LogP contribution in [0.4, 0.5) is 0 Å². The van der Waals surface area contributed by atoms with Crippen molar-refractivity contribution in [3.63, 3.8) is 0 Å². The van der Waals surface area contributed by atoms with Gasteiger partial charge in [-0.2, -0.15) is 0 Å². The minimum atomic E-state index is -0.618. The van der Waals surface area contributed by atoms with Crippen molar-refractivity contribution >= 4 is 34.8 Å². The molecule has 2 rings (SSSR count). The van der Waals surface area contributed by atoms with E-state index in [1.165, 1.54) is 11.3 Å². The van der Waals surface area contributed by atoms with Gasteiger partial charge in [0.05, 0.1) is 11.0 Å². The molecule has 1 aromatic carbocycles. The minimum absolute atomic E-state index is 0.0459. The lowest BCUT2D eigenvalue weighted by Gasteiger charge is -2.23. The summed E-state index contributed by atoms with van der Waals surface area (Å²) in [4.78, 5) is 25.4. The van der Waals surface area contributed by atoms with Crippen LogP contribution >= 0.6 is 22.9 Å². The number of amides is 2. The first-order chi connectivity index (χ1) is 12.4. The van der Waals surface area contributed by atoms with Crippen molar-refractivity contribution in [2.24, 2.45) is 5.92 Å². The van der Waals surface area contributed by atoms with E-state index in [-0.39, 0.29) is 23.8 Å². The minimum Gasteiger partial charge on any atom is -0.375 e. The summed E-state index contributed by atoms with van der Waals surface area (Å²) in [5.74, 6) is -0.522. The summed E-state index contributed by atoms with van der Waals surface area (Å²) in [5, 5.41) is 8.15. The number of ether oxygens (including phenoxy) is 1. The molecule has 1 aromatic heterocycles. The lowest BCUT2D eigenvalue weighted by atomic mass is 10.0. The maximum absolute atomic E-state index is 12.6. The number of thiophene rings is 1. The maximum atomic E-state index is 12.6. The number of hydrogen-bond donors (Lipinski definition) is 2. The van der Waals surface area contributed by atoms with Crippen molar-refractivity contribution in [3.05, 3.63) is 57.2 Å². The van der Waals surface area contributed by atoms with E-state index in [0.29, 0.717) is 16.4 Å². The maximum Gasteiger partial charge on any atom is 0.262 e. The van der Waals surface area contributed by atoms with E-state index in [9.17, 15) is 9.59 Å². The predicted octanol–water partition coefficient (Wildman–Crippen LogP) is 3.66. The molecule has 0 bridgehead atoms. The zero-order chi connectivity index (χ0) is 19.1. The van der Waals surface area contributed by atoms with Crippen molar-refractivity contribution in [1.29, 1.82) is 0 Å². The van der Waals surface area contributed by atoms with Crippen LogP contribution in [0.2, 0.25) is 5.02 Å². The second kappa shape index (κ2) is 9.71. The molecule has 0 spiro atoms. The van der Waals surface area contributed by atoms with Gasteiger partial charge in [-0.3, -0.25) is 9.59 Å². The van der Waals surface area contributed by atoms with E-state index in [0.717, 1.165) is 5.56 Å². The summed E-state index contributed by atoms with van der Waals surface area (Å²) in [7, 11) is 1.59. The number of benzene rings is 1. The topological polar surface area (TPSA) is 67.4 Å². The van der Waals surface area contributed by atoms with Crippen molar-refractivity contribution in [3.8, 4) is 0 Å². The third-order valence-electron chi connectivity index (χ3n) is 3.97. The first kappa shape index (κ1) is 20.4. The van der Waals surface area contributed by atoms with Gasteiger partial charge in [-0.1, -0.05) is 43.6 Å². The molecule has 0 unspecified atom stereocenters. The third kappa shape index (κ3) is 5.56. The van der Waals surface area contributed by atoms with Crippen LogP contribution in [0.5, 0.6) is 0 Å². The largest absolute Gasteiger partial charge is 0.375 e. The molecule has 0 saturated heterocycles. The normalized spacial score (nSPS) is 13.3. The fraction of sp³-hybridized carbons (Fsp3) is 0.368. The van der Waals surface area contributed by atoms with Crippen LogP contribution in [-0.2, 0) is 9.53 Å². The van der Waals surface area contributed by atoms with E-state index >= 15 is 0 Å². The van der Waals surface area contributed by atoms with E-state index in [1.807, 2.05) is 31.4 Å². The first-order valence-electron chi connectivity index (χ1n) is 8.32. The Bertz CT molecular complexity index is 717. The molecule has 0 aliphatic rings. The highest BCUT2D eigenvalue weighted by Crippen LogP contribution is 2.19. The number of carbonyl (C=O) groups excluding carboxylic acids is 2. The zero-order valence-corrected chi connectivity index (χ0v) is 16.6. The molecule has 5 nitrogen and oxygen atoms in total. The van der Waals surface area contributed by atoms with Gasteiger partial charge in [0, 0.05) is 18.7 Å². The molecule has 0 aliphatic carbocycles. The molecule has 0 saturated carbocycles. The van der Waals surface area contributed by atoms with Crippen molar-refractivity contribution < 1.29 is 14.3 Å². The fourth-order valence-electron chi connectivity index (χ4n) is 2.47. The van der Waals surface area contributed by atoms with Gasteiger partial charge in [0.15, 0.2) is 0 Å². The number of halogens is 1. The van der Waals surface area contributed by atoms with Gasteiger partial charge in [-0.05, 0) is 35.1 Å². The van der Waals surface area contributed by atoms with E-state index in [2.05, 4.69) is 10.6 Å². The Kier molecular flexibility index (Phi) is 7.63. The predicted molar refractivity (Wildman–Crippen MR) is 105 cm³/mol. The number of nitrogens with one attached hydrogen (secondary N) is 2. The number of carbonyl (C=O) groups is 2. The average molecular weight is 395 g/mol. The van der Waals surface area contributed by atoms with Crippen molar-refractivity contribution in [2.75, 3.05) is 13.7 Å². The fourth-order valence-corrected chi connectivity index (χ4v) is 3.23. The molecule has 2 aromatic rings. The highest BCUT2D eigenvalue weighted by molar-refractivity contribution is 7.12. The van der Waals surface area contributed by atoms with Crippen LogP contribution in [0.15, 0.2) is 41.8 Å². The van der Waals surface area contributed by atoms with Crippen LogP contribution < -0.4 is 10.6 Å². The summed E-state index contributed by atoms with van der Waals surface area (Å²) in [6.07, 6.45) is -0.294. The Balaban J connectivity index is 1.98. The standard InChI is InChI=1S/C19H23ClN2O3S/c1-12(2)17(22-18(23)16-5-4-10-26-16)19(24)21-11-15(25-3)13-6-8-14(20)9-7-13/h4-10,12,15,17H,11H2,1-3H3,(H,21,24)(H,22,23)/t15-,17-/m1/s1. The molecular formula is C19H23ClN2O3S. The van der Waals surface area contributed by atoms with Gasteiger partial charge in [0.25, 0.3) is 5.91 Å². The third-order valence-corrected chi connectivity index (χ3v) is 5.09. The smallest absolute Gasteiger partial charge is 0.262 e. The lowest BCUT2D eigenvalue weighted by Crippen LogP contribution is -2.50. The quantitative estimate of drug-likeness (QED) is 0.718. The summed E-state index contributed by atoms with van der Waals surface area (Å²) in [6.45, 7) is 4.09. The molecule has 2 atom stereocenters. The lowest BCUT2D eigenvalue weighted by molar-refractivity contribution is -0.124. The number of methoxy groups -OCH3 is 1. The highest BCUT2D eigenvalue weighted by atomic mass is 35.5. The number of hydrogen-bond acceptors (Lipinski definition) is 4. The second-order valence-electron chi connectivity index (χ2n) is 6.19. The van der Waals surface area contributed by atoms with E-state index in [4.69, 9.17) is 16.3 Å². The Morgan fingerprint density at radius 2 is 1.88 bits per heavy atom. The SMILES string of the molecule is CO[C@H](CNC(=O)[C@H](NC(=O)c1cccs1)C(C)C)c1ccc(Cl)cc1. The summed E-state index contributed by atoms with van der Waals surface area (Å²) in [6, 6.07) is 10.2. The van der Waals surface area contributed by atoms with Gasteiger partial charge < -0.3 is 15.4 Å². The van der Waals surface area contributed by atoms with Gasteiger partial charge in [0.1, 0.15) is 6.04 Å². The zero-order valence-electron chi connectivity index (χ0n) is 15.0. The van der Waals surface area contributed by atoms with Crippen molar-refractivity contribution in [2.45, 2.75) is 26.0 Å². The van der Waals surface area contributed by atoms with Crippen LogP contribution in [-0.4, -0.2) is 31.5 Å². The van der Waals surface area contributed by atoms with E-state index < -0.39 is 6.04 Å². The van der Waals surface area contributed by atoms with Gasteiger partial charge in [-0.15, -0.1) is 11.3 Å². The van der Waals surface area contributed by atoms with Crippen LogP contribution in [0.3, 0.4) is 0 Å². The molecule has 0 aliphatic heterocycles. The first-order valence-corrected chi connectivity index (χ1v) is 9.58. The number of rotatable bonds is 8. The molecule has 0 radical (unpaired) electrons. The van der Waals surface area contributed by atoms with Gasteiger partial charge >= 0.3 is 0 Å². The van der Waals surface area contributed by atoms with Crippen LogP contribution in [0.25, 0.3) is 0 Å². The Morgan fingerprint density at radius 1 is 1.19 bits per heavy atom. The molecule has 2 amide bonds. The Morgan fingerprint density at radius 3 is 2.42 bits per heavy atom. The Hall–Kier alpha value is -1.89.